The number of nitrogens with zero attached hydrogens (tertiary/aromatic N) is 1. The second kappa shape index (κ2) is 8.95. The number of benzene rings is 2. The minimum absolute atomic E-state index is 0.00581. The van der Waals surface area contributed by atoms with Gasteiger partial charge in [0, 0.05) is 6.20 Å². The Morgan fingerprint density at radius 3 is 2.46 bits per heavy atom. The zero-order valence-corrected chi connectivity index (χ0v) is 16.0. The molecule has 0 saturated heterocycles. The first-order valence-corrected chi connectivity index (χ1v) is 8.96. The molecule has 28 heavy (non-hydrogen) atoms. The Balaban J connectivity index is 1.83. The number of pyridine rings is 1. The molecule has 0 bridgehead atoms. The molecule has 5 nitrogen and oxygen atoms in total. The van der Waals surface area contributed by atoms with Crippen LogP contribution in [-0.2, 0) is 13.0 Å². The molecular weight excluding hydrogens is 354 g/mol. The smallest absolute Gasteiger partial charge is 0.258 e. The summed E-state index contributed by atoms with van der Waals surface area (Å²) < 4.78 is 12.1. The summed E-state index contributed by atoms with van der Waals surface area (Å²) in [7, 11) is 3.16. The summed E-state index contributed by atoms with van der Waals surface area (Å²) in [6, 6.07) is 16.9. The summed E-state index contributed by atoms with van der Waals surface area (Å²) in [5, 5.41) is 10.1. The molecular formula is C23H23NO4. The van der Waals surface area contributed by atoms with Gasteiger partial charge in [0.2, 0.25) is 0 Å². The van der Waals surface area contributed by atoms with Gasteiger partial charge in [0.1, 0.15) is 5.75 Å². The molecule has 0 aliphatic carbocycles. The van der Waals surface area contributed by atoms with Gasteiger partial charge >= 0.3 is 0 Å². The van der Waals surface area contributed by atoms with E-state index >= 15 is 0 Å². The monoisotopic (exact) mass is 377 g/mol. The number of aromatic hydroxyl groups is 1. The van der Waals surface area contributed by atoms with Crippen molar-refractivity contribution in [3.63, 3.8) is 0 Å². The Kier molecular flexibility index (Phi) is 6.17. The maximum Gasteiger partial charge on any atom is 0.258 e. The van der Waals surface area contributed by atoms with Crippen LogP contribution in [-0.4, -0.2) is 23.9 Å². The zero-order chi connectivity index (χ0) is 19.9. The van der Waals surface area contributed by atoms with E-state index in [4.69, 9.17) is 9.47 Å². The van der Waals surface area contributed by atoms with Crippen molar-refractivity contribution in [2.24, 2.45) is 0 Å². The topological polar surface area (TPSA) is 60.7 Å². The first kappa shape index (κ1) is 19.3. The first-order chi connectivity index (χ1) is 13.6. The van der Waals surface area contributed by atoms with E-state index < -0.39 is 0 Å². The van der Waals surface area contributed by atoms with Crippen LogP contribution in [0.1, 0.15) is 16.7 Å². The van der Waals surface area contributed by atoms with Crippen LogP contribution in [0.15, 0.2) is 71.7 Å². The third kappa shape index (κ3) is 4.43. The van der Waals surface area contributed by atoms with Gasteiger partial charge in [-0.1, -0.05) is 48.6 Å². The molecule has 0 spiro atoms. The molecule has 0 saturated carbocycles. The molecule has 0 amide bonds. The number of allylic oxidation sites excluding steroid dienone is 1. The molecule has 1 N–H and O–H groups in total. The summed E-state index contributed by atoms with van der Waals surface area (Å²) in [5.74, 6) is 1.25. The Hall–Kier alpha value is -3.47. The standard InChI is InChI=1S/C23H23NO4/c1-27-21-12-11-18(15-22(21)28-2)16-24-14-13-20(25)19(23(24)26)10-6-9-17-7-4-3-5-8-17/h3-9,11-15,25H,10,16H2,1-2H3/b9-6+. The van der Waals surface area contributed by atoms with Crippen LogP contribution in [0.4, 0.5) is 0 Å². The van der Waals surface area contributed by atoms with Gasteiger partial charge in [0.15, 0.2) is 11.5 Å². The van der Waals surface area contributed by atoms with Gasteiger partial charge in [-0.15, -0.1) is 0 Å². The number of hydrogen-bond donors (Lipinski definition) is 1. The molecule has 5 heteroatoms. The van der Waals surface area contributed by atoms with Crippen LogP contribution >= 0.6 is 0 Å². The van der Waals surface area contributed by atoms with E-state index in [0.717, 1.165) is 11.1 Å². The Morgan fingerprint density at radius 1 is 1.00 bits per heavy atom. The van der Waals surface area contributed by atoms with Crippen molar-refractivity contribution in [1.82, 2.24) is 4.57 Å². The lowest BCUT2D eigenvalue weighted by Gasteiger charge is -2.12. The Labute approximate surface area is 164 Å². The minimum atomic E-state index is -0.215. The van der Waals surface area contributed by atoms with Crippen molar-refractivity contribution >= 4 is 6.08 Å². The molecule has 0 fully saturated rings. The predicted molar refractivity (Wildman–Crippen MR) is 110 cm³/mol. The molecule has 1 aromatic heterocycles. The molecule has 0 aliphatic heterocycles. The van der Waals surface area contributed by atoms with Crippen LogP contribution in [0.5, 0.6) is 17.2 Å². The summed E-state index contributed by atoms with van der Waals surface area (Å²) >= 11 is 0. The van der Waals surface area contributed by atoms with Gasteiger partial charge in [-0.05, 0) is 35.7 Å². The molecule has 0 atom stereocenters. The van der Waals surface area contributed by atoms with Gasteiger partial charge in [-0.2, -0.15) is 0 Å². The van der Waals surface area contributed by atoms with E-state index in [1.54, 1.807) is 31.0 Å². The van der Waals surface area contributed by atoms with E-state index in [2.05, 4.69) is 0 Å². The lowest BCUT2D eigenvalue weighted by Crippen LogP contribution is -2.23. The maximum absolute atomic E-state index is 12.8. The molecule has 1 heterocycles. The highest BCUT2D eigenvalue weighted by molar-refractivity contribution is 5.50. The maximum atomic E-state index is 12.8. The summed E-state index contributed by atoms with van der Waals surface area (Å²) in [6.07, 6.45) is 5.77. The number of ether oxygens (including phenoxy) is 2. The summed E-state index contributed by atoms with van der Waals surface area (Å²) in [5.41, 5.74) is 2.10. The second-order valence-corrected chi connectivity index (χ2v) is 6.32. The second-order valence-electron chi connectivity index (χ2n) is 6.32. The highest BCUT2D eigenvalue weighted by Crippen LogP contribution is 2.27. The van der Waals surface area contributed by atoms with Crippen molar-refractivity contribution in [1.29, 1.82) is 0 Å². The van der Waals surface area contributed by atoms with Gasteiger partial charge in [0.25, 0.3) is 5.56 Å². The van der Waals surface area contributed by atoms with Crippen LogP contribution in [0.25, 0.3) is 6.08 Å². The fourth-order valence-corrected chi connectivity index (χ4v) is 2.98. The van der Waals surface area contributed by atoms with Gasteiger partial charge in [-0.25, -0.2) is 0 Å². The van der Waals surface area contributed by atoms with Crippen molar-refractivity contribution in [2.75, 3.05) is 14.2 Å². The number of methoxy groups -OCH3 is 2. The van der Waals surface area contributed by atoms with Crippen LogP contribution < -0.4 is 15.0 Å². The number of hydrogen-bond acceptors (Lipinski definition) is 4. The fraction of sp³-hybridized carbons (Fsp3) is 0.174. The molecule has 144 valence electrons. The van der Waals surface area contributed by atoms with E-state index in [1.807, 2.05) is 60.7 Å². The third-order valence-corrected chi connectivity index (χ3v) is 4.47. The average Bonchev–Trinajstić information content (AvgIpc) is 2.73. The van der Waals surface area contributed by atoms with Gasteiger partial charge in [0.05, 0.1) is 26.3 Å². The van der Waals surface area contributed by atoms with Crippen LogP contribution in [0.3, 0.4) is 0 Å². The fourth-order valence-electron chi connectivity index (χ4n) is 2.98. The van der Waals surface area contributed by atoms with Crippen LogP contribution in [0.2, 0.25) is 0 Å². The SMILES string of the molecule is COc1ccc(Cn2ccc(O)c(C/C=C/c3ccccc3)c2=O)cc1OC. The minimum Gasteiger partial charge on any atom is -0.507 e. The van der Waals surface area contributed by atoms with Crippen LogP contribution in [0, 0.1) is 0 Å². The normalized spacial score (nSPS) is 10.9. The zero-order valence-electron chi connectivity index (χ0n) is 16.0. The molecule has 2 aromatic carbocycles. The van der Waals surface area contributed by atoms with Crippen molar-refractivity contribution in [2.45, 2.75) is 13.0 Å². The van der Waals surface area contributed by atoms with Crippen molar-refractivity contribution in [3.8, 4) is 17.2 Å². The van der Waals surface area contributed by atoms with Crippen molar-refractivity contribution in [3.05, 3.63) is 93.9 Å². The Bertz CT molecular complexity index is 1020. The largest absolute Gasteiger partial charge is 0.507 e. The number of rotatable bonds is 7. The van der Waals surface area contributed by atoms with Gasteiger partial charge < -0.3 is 19.1 Å². The summed E-state index contributed by atoms with van der Waals surface area (Å²) in [4.78, 5) is 12.8. The first-order valence-electron chi connectivity index (χ1n) is 8.96. The Morgan fingerprint density at radius 2 is 1.75 bits per heavy atom. The third-order valence-electron chi connectivity index (χ3n) is 4.47. The molecule has 0 aliphatic rings. The quantitative estimate of drug-likeness (QED) is 0.679. The lowest BCUT2D eigenvalue weighted by atomic mass is 10.1. The van der Waals surface area contributed by atoms with E-state index in [0.29, 0.717) is 30.0 Å². The highest BCUT2D eigenvalue weighted by atomic mass is 16.5. The van der Waals surface area contributed by atoms with Gasteiger partial charge in [-0.3, -0.25) is 4.79 Å². The molecule has 3 aromatic rings. The van der Waals surface area contributed by atoms with E-state index in [9.17, 15) is 9.90 Å². The predicted octanol–water partition coefficient (Wildman–Crippen LogP) is 3.88. The van der Waals surface area contributed by atoms with E-state index in [1.165, 1.54) is 0 Å². The van der Waals surface area contributed by atoms with E-state index in [-0.39, 0.29) is 11.3 Å². The summed E-state index contributed by atoms with van der Waals surface area (Å²) in [6.45, 7) is 0.370. The average molecular weight is 377 g/mol. The molecule has 0 unspecified atom stereocenters. The highest BCUT2D eigenvalue weighted by Gasteiger charge is 2.10. The van der Waals surface area contributed by atoms with Crippen molar-refractivity contribution < 1.29 is 14.6 Å². The molecule has 3 rings (SSSR count). The lowest BCUT2D eigenvalue weighted by molar-refractivity contribution is 0.354. The molecule has 0 radical (unpaired) electrons. The number of aromatic nitrogens is 1.